The molecule has 1 atom stereocenters. The van der Waals surface area contributed by atoms with Crippen molar-refractivity contribution in [1.82, 2.24) is 5.32 Å². The van der Waals surface area contributed by atoms with Crippen LogP contribution in [0.5, 0.6) is 5.75 Å². The second-order valence-corrected chi connectivity index (χ2v) is 3.93. The summed E-state index contributed by atoms with van der Waals surface area (Å²) in [5.74, 6) is -0.265. The summed E-state index contributed by atoms with van der Waals surface area (Å²) in [7, 11) is 1.67. The van der Waals surface area contributed by atoms with E-state index in [1.54, 1.807) is 19.2 Å². The lowest BCUT2D eigenvalue weighted by Gasteiger charge is -2.11. The highest BCUT2D eigenvalue weighted by Gasteiger charge is 2.02. The Balaban J connectivity index is 2.21. The molecule has 18 heavy (non-hydrogen) atoms. The van der Waals surface area contributed by atoms with Crippen LogP contribution in [0.4, 0.5) is 0 Å². The van der Waals surface area contributed by atoms with Crippen LogP contribution in [0.1, 0.15) is 17.3 Å². The van der Waals surface area contributed by atoms with Crippen LogP contribution in [-0.4, -0.2) is 44.0 Å². The third-order valence-electron chi connectivity index (χ3n) is 2.48. The number of hydrogen-bond acceptors (Lipinski definition) is 4. The minimum atomic E-state index is -0.934. The molecule has 0 saturated carbocycles. The summed E-state index contributed by atoms with van der Waals surface area (Å²) in [6.45, 7) is 4.01. The zero-order chi connectivity index (χ0) is 13.4. The van der Waals surface area contributed by atoms with Crippen LogP contribution < -0.4 is 10.1 Å². The fourth-order valence-electron chi connectivity index (χ4n) is 1.32. The number of carboxylic acid groups (broad SMARTS) is 1. The Morgan fingerprint density at radius 2 is 2.06 bits per heavy atom. The van der Waals surface area contributed by atoms with Gasteiger partial charge in [0.05, 0.1) is 11.7 Å². The number of benzene rings is 1. The molecule has 0 aliphatic rings. The smallest absolute Gasteiger partial charge is 0.335 e. The third-order valence-corrected chi connectivity index (χ3v) is 2.48. The van der Waals surface area contributed by atoms with Gasteiger partial charge in [-0.25, -0.2) is 4.79 Å². The molecule has 0 fully saturated rings. The van der Waals surface area contributed by atoms with Crippen LogP contribution in [0, 0.1) is 0 Å². The lowest BCUT2D eigenvalue weighted by molar-refractivity contribution is 0.0697. The molecule has 5 nitrogen and oxygen atoms in total. The molecule has 0 aromatic heterocycles. The van der Waals surface area contributed by atoms with Crippen molar-refractivity contribution in [3.05, 3.63) is 29.8 Å². The highest BCUT2D eigenvalue weighted by Crippen LogP contribution is 2.11. The van der Waals surface area contributed by atoms with Gasteiger partial charge in [-0.3, -0.25) is 0 Å². The van der Waals surface area contributed by atoms with Gasteiger partial charge in [0.25, 0.3) is 0 Å². The van der Waals surface area contributed by atoms with E-state index in [4.69, 9.17) is 14.6 Å². The van der Waals surface area contributed by atoms with Crippen molar-refractivity contribution in [3.8, 4) is 5.75 Å². The summed E-state index contributed by atoms with van der Waals surface area (Å²) >= 11 is 0. The van der Waals surface area contributed by atoms with Gasteiger partial charge in [0, 0.05) is 20.2 Å². The predicted molar refractivity (Wildman–Crippen MR) is 68.2 cm³/mol. The van der Waals surface area contributed by atoms with Gasteiger partial charge in [-0.1, -0.05) is 0 Å². The van der Waals surface area contributed by atoms with Crippen molar-refractivity contribution < 1.29 is 19.4 Å². The number of carbonyl (C=O) groups is 1. The topological polar surface area (TPSA) is 67.8 Å². The van der Waals surface area contributed by atoms with Gasteiger partial charge in [-0.2, -0.15) is 0 Å². The van der Waals surface area contributed by atoms with Crippen LogP contribution in [0.15, 0.2) is 24.3 Å². The minimum absolute atomic E-state index is 0.180. The summed E-state index contributed by atoms with van der Waals surface area (Å²) in [5, 5.41) is 11.9. The SMILES string of the molecule is COC(C)CNCCOc1ccc(C(=O)O)cc1. The molecule has 0 amide bonds. The summed E-state index contributed by atoms with van der Waals surface area (Å²) in [5.41, 5.74) is 0.259. The molecule has 0 aliphatic heterocycles. The maximum atomic E-state index is 10.6. The summed E-state index contributed by atoms with van der Waals surface area (Å²) in [6.07, 6.45) is 0.180. The summed E-state index contributed by atoms with van der Waals surface area (Å²) in [4.78, 5) is 10.6. The van der Waals surface area contributed by atoms with Crippen molar-refractivity contribution in [2.24, 2.45) is 0 Å². The van der Waals surface area contributed by atoms with Crippen molar-refractivity contribution >= 4 is 5.97 Å². The number of hydrogen-bond donors (Lipinski definition) is 2. The van der Waals surface area contributed by atoms with Crippen molar-refractivity contribution in [2.45, 2.75) is 13.0 Å². The molecule has 0 spiro atoms. The predicted octanol–water partition coefficient (Wildman–Crippen LogP) is 1.39. The quantitative estimate of drug-likeness (QED) is 0.685. The average molecular weight is 253 g/mol. The van der Waals surface area contributed by atoms with Gasteiger partial charge in [-0.15, -0.1) is 0 Å². The van der Waals surface area contributed by atoms with Gasteiger partial charge in [0.2, 0.25) is 0 Å². The highest BCUT2D eigenvalue weighted by molar-refractivity contribution is 5.87. The van der Waals surface area contributed by atoms with Crippen LogP contribution in [-0.2, 0) is 4.74 Å². The van der Waals surface area contributed by atoms with Gasteiger partial charge in [0.15, 0.2) is 0 Å². The molecule has 0 bridgehead atoms. The maximum absolute atomic E-state index is 10.6. The first-order valence-electron chi connectivity index (χ1n) is 5.83. The lowest BCUT2D eigenvalue weighted by Crippen LogP contribution is -2.29. The molecule has 0 saturated heterocycles. The van der Waals surface area contributed by atoms with Crippen LogP contribution >= 0.6 is 0 Å². The zero-order valence-corrected chi connectivity index (χ0v) is 10.7. The van der Waals surface area contributed by atoms with E-state index >= 15 is 0 Å². The largest absolute Gasteiger partial charge is 0.492 e. The molecule has 1 unspecified atom stereocenters. The van der Waals surface area contributed by atoms with Crippen molar-refractivity contribution in [2.75, 3.05) is 26.8 Å². The lowest BCUT2D eigenvalue weighted by atomic mass is 10.2. The Kier molecular flexibility index (Phi) is 6.18. The molecule has 1 aromatic rings. The number of ether oxygens (including phenoxy) is 2. The van der Waals surface area contributed by atoms with Gasteiger partial charge >= 0.3 is 5.97 Å². The van der Waals surface area contributed by atoms with Crippen LogP contribution in [0.3, 0.4) is 0 Å². The molecule has 1 aromatic carbocycles. The molecular formula is C13H19NO4. The molecule has 0 aliphatic carbocycles. The van der Waals surface area contributed by atoms with Crippen LogP contribution in [0.25, 0.3) is 0 Å². The fraction of sp³-hybridized carbons (Fsp3) is 0.462. The molecule has 2 N–H and O–H groups in total. The summed E-state index contributed by atoms with van der Waals surface area (Å²) in [6, 6.07) is 6.36. The Hall–Kier alpha value is -1.59. The van der Waals surface area contributed by atoms with E-state index in [2.05, 4.69) is 5.32 Å². The average Bonchev–Trinajstić information content (AvgIpc) is 2.38. The normalized spacial score (nSPS) is 12.1. The van der Waals surface area contributed by atoms with Gasteiger partial charge in [-0.05, 0) is 31.2 Å². The fourth-order valence-corrected chi connectivity index (χ4v) is 1.32. The second kappa shape index (κ2) is 7.68. The van der Waals surface area contributed by atoms with E-state index in [9.17, 15) is 4.79 Å². The number of rotatable bonds is 8. The zero-order valence-electron chi connectivity index (χ0n) is 10.7. The Labute approximate surface area is 107 Å². The number of carboxylic acids is 1. The molecule has 5 heteroatoms. The van der Waals surface area contributed by atoms with E-state index in [-0.39, 0.29) is 11.7 Å². The second-order valence-electron chi connectivity index (χ2n) is 3.93. The number of methoxy groups -OCH3 is 1. The first-order chi connectivity index (χ1) is 8.63. The highest BCUT2D eigenvalue weighted by atomic mass is 16.5. The summed E-state index contributed by atoms with van der Waals surface area (Å²) < 4.78 is 10.6. The third kappa shape index (κ3) is 5.16. The standard InChI is InChI=1S/C13H19NO4/c1-10(17-2)9-14-7-8-18-12-5-3-11(4-6-12)13(15)16/h3-6,10,14H,7-9H2,1-2H3,(H,15,16). The number of aromatic carboxylic acids is 1. The molecule has 0 radical (unpaired) electrons. The molecule has 1 rings (SSSR count). The van der Waals surface area contributed by atoms with E-state index in [1.807, 2.05) is 6.92 Å². The Morgan fingerprint density at radius 1 is 1.39 bits per heavy atom. The first kappa shape index (κ1) is 14.5. The minimum Gasteiger partial charge on any atom is -0.492 e. The monoisotopic (exact) mass is 253 g/mol. The van der Waals surface area contributed by atoms with E-state index < -0.39 is 5.97 Å². The van der Waals surface area contributed by atoms with Crippen molar-refractivity contribution in [3.63, 3.8) is 0 Å². The molecule has 100 valence electrons. The molecular weight excluding hydrogens is 234 g/mol. The van der Waals surface area contributed by atoms with E-state index in [1.165, 1.54) is 12.1 Å². The van der Waals surface area contributed by atoms with Gasteiger partial charge in [0.1, 0.15) is 12.4 Å². The van der Waals surface area contributed by atoms with Crippen molar-refractivity contribution in [1.29, 1.82) is 0 Å². The Bertz CT molecular complexity index is 364. The number of nitrogens with one attached hydrogen (secondary N) is 1. The van der Waals surface area contributed by atoms with E-state index in [0.29, 0.717) is 18.9 Å². The first-order valence-corrected chi connectivity index (χ1v) is 5.83. The maximum Gasteiger partial charge on any atom is 0.335 e. The van der Waals surface area contributed by atoms with E-state index in [0.717, 1.165) is 6.54 Å². The van der Waals surface area contributed by atoms with Gasteiger partial charge < -0.3 is 19.9 Å². The van der Waals surface area contributed by atoms with Crippen LogP contribution in [0.2, 0.25) is 0 Å². The Morgan fingerprint density at radius 3 is 2.61 bits per heavy atom. The molecule has 0 heterocycles.